The number of methoxy groups -OCH3 is 1. The molecule has 1 aliphatic rings. The minimum absolute atomic E-state index is 0.114. The van der Waals surface area contributed by atoms with Gasteiger partial charge in [0, 0.05) is 25.2 Å². The number of nitrogens with zero attached hydrogens (tertiary/aromatic N) is 1. The van der Waals surface area contributed by atoms with Gasteiger partial charge in [0.1, 0.15) is 5.75 Å². The zero-order valence-electron chi connectivity index (χ0n) is 12.3. The van der Waals surface area contributed by atoms with Gasteiger partial charge in [0.25, 0.3) is 0 Å². The average molecular weight is 347 g/mol. The third kappa shape index (κ3) is 4.34. The Morgan fingerprint density at radius 3 is 2.82 bits per heavy atom. The molecule has 22 heavy (non-hydrogen) atoms. The van der Waals surface area contributed by atoms with Gasteiger partial charge in [0.2, 0.25) is 15.9 Å². The summed E-state index contributed by atoms with van der Waals surface area (Å²) >= 11 is 5.99. The molecular weight excluding hydrogens is 328 g/mol. The molecule has 0 spiro atoms. The third-order valence-corrected chi connectivity index (χ3v) is 5.73. The minimum Gasteiger partial charge on any atom is -0.495 e. The number of nitrogens with one attached hydrogen (secondary N) is 1. The van der Waals surface area contributed by atoms with E-state index in [9.17, 15) is 13.2 Å². The molecule has 0 aromatic heterocycles. The van der Waals surface area contributed by atoms with Gasteiger partial charge in [-0.2, -0.15) is 0 Å². The lowest BCUT2D eigenvalue weighted by Gasteiger charge is -2.25. The van der Waals surface area contributed by atoms with Gasteiger partial charge in [0.15, 0.2) is 0 Å². The van der Waals surface area contributed by atoms with Crippen LogP contribution in [0, 0.1) is 0 Å². The van der Waals surface area contributed by atoms with Crippen LogP contribution in [0.4, 0.5) is 5.69 Å². The monoisotopic (exact) mass is 346 g/mol. The van der Waals surface area contributed by atoms with Gasteiger partial charge in [-0.1, -0.05) is 11.6 Å². The molecule has 0 saturated carbocycles. The molecule has 0 aliphatic carbocycles. The van der Waals surface area contributed by atoms with Gasteiger partial charge >= 0.3 is 0 Å². The molecule has 1 heterocycles. The zero-order valence-corrected chi connectivity index (χ0v) is 13.9. The average Bonchev–Trinajstić information content (AvgIpc) is 2.46. The molecule has 0 bridgehead atoms. The second kappa shape index (κ2) is 7.30. The number of carbonyl (C=O) groups excluding carboxylic acids is 1. The maximum absolute atomic E-state index is 11.9. The molecule has 1 saturated heterocycles. The number of anilines is 1. The molecule has 1 N–H and O–H groups in total. The van der Waals surface area contributed by atoms with Crippen molar-refractivity contribution in [2.24, 2.45) is 0 Å². The highest BCUT2D eigenvalue weighted by Crippen LogP contribution is 2.27. The van der Waals surface area contributed by atoms with E-state index in [4.69, 9.17) is 16.3 Å². The molecule has 6 nitrogen and oxygen atoms in total. The van der Waals surface area contributed by atoms with E-state index in [-0.39, 0.29) is 24.6 Å². The van der Waals surface area contributed by atoms with Gasteiger partial charge < -0.3 is 10.1 Å². The Labute approximate surface area is 135 Å². The quantitative estimate of drug-likeness (QED) is 0.885. The van der Waals surface area contributed by atoms with Crippen molar-refractivity contribution in [2.45, 2.75) is 19.3 Å². The van der Waals surface area contributed by atoms with E-state index in [0.717, 1.165) is 6.42 Å². The number of amides is 1. The van der Waals surface area contributed by atoms with E-state index in [2.05, 4.69) is 5.32 Å². The fourth-order valence-corrected chi connectivity index (χ4v) is 4.15. The SMILES string of the molecule is COc1ccc(NC(=O)CCN2CCCCS2(=O)=O)cc1Cl. The first-order chi connectivity index (χ1) is 10.4. The summed E-state index contributed by atoms with van der Waals surface area (Å²) in [5, 5.41) is 3.10. The molecule has 0 radical (unpaired) electrons. The van der Waals surface area contributed by atoms with Crippen molar-refractivity contribution in [3.63, 3.8) is 0 Å². The van der Waals surface area contributed by atoms with Crippen molar-refractivity contribution >= 4 is 33.2 Å². The van der Waals surface area contributed by atoms with Crippen LogP contribution in [0.25, 0.3) is 0 Å². The highest BCUT2D eigenvalue weighted by atomic mass is 35.5. The van der Waals surface area contributed by atoms with Gasteiger partial charge in [-0.25, -0.2) is 12.7 Å². The molecule has 8 heteroatoms. The van der Waals surface area contributed by atoms with E-state index < -0.39 is 10.0 Å². The van der Waals surface area contributed by atoms with Crippen molar-refractivity contribution in [3.8, 4) is 5.75 Å². The molecule has 1 aromatic carbocycles. The summed E-state index contributed by atoms with van der Waals surface area (Å²) in [6.07, 6.45) is 1.65. The van der Waals surface area contributed by atoms with Crippen LogP contribution in [0.15, 0.2) is 18.2 Å². The Morgan fingerprint density at radius 2 is 2.18 bits per heavy atom. The van der Waals surface area contributed by atoms with Gasteiger partial charge in [-0.05, 0) is 31.0 Å². The standard InChI is InChI=1S/C14H19ClN2O4S/c1-21-13-5-4-11(10-12(13)15)16-14(18)6-8-17-7-2-3-9-22(17,19)20/h4-5,10H,2-3,6-9H2,1H3,(H,16,18). The maximum atomic E-state index is 11.9. The van der Waals surface area contributed by atoms with Crippen LogP contribution >= 0.6 is 11.6 Å². The zero-order chi connectivity index (χ0) is 16.2. The van der Waals surface area contributed by atoms with Crippen molar-refractivity contribution in [1.29, 1.82) is 0 Å². The Morgan fingerprint density at radius 1 is 1.41 bits per heavy atom. The first-order valence-corrected chi connectivity index (χ1v) is 9.02. The molecule has 1 aromatic rings. The largest absolute Gasteiger partial charge is 0.495 e. The summed E-state index contributed by atoms with van der Waals surface area (Å²) in [4.78, 5) is 11.9. The maximum Gasteiger partial charge on any atom is 0.225 e. The van der Waals surface area contributed by atoms with E-state index >= 15 is 0 Å². The fourth-order valence-electron chi connectivity index (χ4n) is 2.29. The van der Waals surface area contributed by atoms with Crippen molar-refractivity contribution in [2.75, 3.05) is 31.3 Å². The topological polar surface area (TPSA) is 75.7 Å². The summed E-state index contributed by atoms with van der Waals surface area (Å²) in [6, 6.07) is 4.93. The Hall–Kier alpha value is -1.31. The lowest BCUT2D eigenvalue weighted by Crippen LogP contribution is -2.39. The number of benzene rings is 1. The van der Waals surface area contributed by atoms with E-state index in [1.54, 1.807) is 18.2 Å². The number of hydrogen-bond donors (Lipinski definition) is 1. The smallest absolute Gasteiger partial charge is 0.225 e. The number of hydrogen-bond acceptors (Lipinski definition) is 4. The summed E-state index contributed by atoms with van der Waals surface area (Å²) in [6.45, 7) is 0.696. The minimum atomic E-state index is -3.19. The second-order valence-electron chi connectivity index (χ2n) is 5.07. The van der Waals surface area contributed by atoms with E-state index in [0.29, 0.717) is 29.4 Å². The Kier molecular flexibility index (Phi) is 5.66. The normalized spacial score (nSPS) is 17.9. The summed E-state index contributed by atoms with van der Waals surface area (Å²) in [5.74, 6) is 0.448. The van der Waals surface area contributed by atoms with Crippen LogP contribution < -0.4 is 10.1 Å². The first-order valence-electron chi connectivity index (χ1n) is 7.03. The molecule has 0 unspecified atom stereocenters. The Bertz CT molecular complexity index is 648. The van der Waals surface area contributed by atoms with Crippen molar-refractivity contribution in [1.82, 2.24) is 4.31 Å². The van der Waals surface area contributed by atoms with Crippen LogP contribution in [-0.2, 0) is 14.8 Å². The predicted octanol–water partition coefficient (Wildman–Crippen LogP) is 2.10. The number of carbonyl (C=O) groups is 1. The van der Waals surface area contributed by atoms with E-state index in [1.807, 2.05) is 0 Å². The van der Waals surface area contributed by atoms with E-state index in [1.165, 1.54) is 11.4 Å². The van der Waals surface area contributed by atoms with Gasteiger partial charge in [0.05, 0.1) is 17.9 Å². The lowest BCUT2D eigenvalue weighted by molar-refractivity contribution is -0.116. The number of ether oxygens (including phenoxy) is 1. The third-order valence-electron chi connectivity index (χ3n) is 3.48. The lowest BCUT2D eigenvalue weighted by atomic mass is 10.3. The van der Waals surface area contributed by atoms with Crippen molar-refractivity contribution < 1.29 is 17.9 Å². The summed E-state index contributed by atoms with van der Waals surface area (Å²) in [5.41, 5.74) is 0.553. The first kappa shape index (κ1) is 17.1. The molecule has 1 aliphatic heterocycles. The summed E-state index contributed by atoms with van der Waals surface area (Å²) in [7, 11) is -1.68. The van der Waals surface area contributed by atoms with Crippen LogP contribution in [0.3, 0.4) is 0 Å². The number of halogens is 1. The molecule has 122 valence electrons. The van der Waals surface area contributed by atoms with Crippen LogP contribution in [-0.4, -0.2) is 44.6 Å². The van der Waals surface area contributed by atoms with Crippen molar-refractivity contribution in [3.05, 3.63) is 23.2 Å². The predicted molar refractivity (Wildman–Crippen MR) is 85.8 cm³/mol. The number of sulfonamides is 1. The molecule has 0 atom stereocenters. The Balaban J connectivity index is 1.89. The number of rotatable bonds is 5. The van der Waals surface area contributed by atoms with Crippen LogP contribution in [0.2, 0.25) is 5.02 Å². The highest BCUT2D eigenvalue weighted by Gasteiger charge is 2.25. The van der Waals surface area contributed by atoms with Gasteiger partial charge in [-0.3, -0.25) is 4.79 Å². The molecule has 2 rings (SSSR count). The van der Waals surface area contributed by atoms with Crippen LogP contribution in [0.1, 0.15) is 19.3 Å². The molecule has 1 amide bonds. The second-order valence-corrected chi connectivity index (χ2v) is 7.57. The fraction of sp³-hybridized carbons (Fsp3) is 0.500. The van der Waals surface area contributed by atoms with Crippen LogP contribution in [0.5, 0.6) is 5.75 Å². The van der Waals surface area contributed by atoms with Gasteiger partial charge in [-0.15, -0.1) is 0 Å². The highest BCUT2D eigenvalue weighted by molar-refractivity contribution is 7.89. The molecule has 1 fully saturated rings. The summed E-state index contributed by atoms with van der Waals surface area (Å²) < 4.78 is 30.1. The molecular formula is C14H19ClN2O4S.